The van der Waals surface area contributed by atoms with Crippen LogP contribution in [0.25, 0.3) is 0 Å². The van der Waals surface area contributed by atoms with E-state index in [4.69, 9.17) is 4.74 Å². The summed E-state index contributed by atoms with van der Waals surface area (Å²) >= 11 is 2.53. The van der Waals surface area contributed by atoms with E-state index in [0.29, 0.717) is 17.8 Å². The third kappa shape index (κ3) is 14.6. The van der Waals surface area contributed by atoms with E-state index in [1.807, 2.05) is 67.5 Å². The van der Waals surface area contributed by atoms with Crippen LogP contribution < -0.4 is 10.6 Å². The highest BCUT2D eigenvalue weighted by Gasteiger charge is 2.40. The van der Waals surface area contributed by atoms with Crippen molar-refractivity contribution in [3.8, 4) is 5.75 Å². The Kier molecular flexibility index (Phi) is 20.3. The van der Waals surface area contributed by atoms with E-state index in [1.165, 1.54) is 41.0 Å². The van der Waals surface area contributed by atoms with Crippen molar-refractivity contribution in [2.75, 3.05) is 39.3 Å². The van der Waals surface area contributed by atoms with Crippen molar-refractivity contribution in [2.45, 2.75) is 142 Å². The number of carbonyl (C=O) groups excluding carboxylic acids is 7. The van der Waals surface area contributed by atoms with Gasteiger partial charge < -0.3 is 25.4 Å². The van der Waals surface area contributed by atoms with Crippen LogP contribution in [0.2, 0.25) is 0 Å². The maximum atomic E-state index is 14.3. The molecule has 1 aliphatic rings. The van der Waals surface area contributed by atoms with E-state index in [9.17, 15) is 38.7 Å². The Morgan fingerprint density at radius 3 is 2.35 bits per heavy atom. The molecule has 0 saturated carbocycles. The zero-order valence-corrected chi connectivity index (χ0v) is 40.9. The Labute approximate surface area is 381 Å². The molecule has 0 radical (unpaired) electrons. The van der Waals surface area contributed by atoms with Gasteiger partial charge in [0.25, 0.3) is 5.91 Å². The van der Waals surface area contributed by atoms with Gasteiger partial charge in [-0.1, -0.05) is 53.5 Å². The number of hydrogen-bond donors (Lipinski definition) is 3. The van der Waals surface area contributed by atoms with Crippen LogP contribution >= 0.6 is 23.1 Å². The molecule has 3 rings (SSSR count). The number of ether oxygens (including phenoxy) is 1. The number of hydrogen-bond acceptors (Lipinski definition) is 13. The quantitative estimate of drug-likeness (QED) is 0.0547. The van der Waals surface area contributed by atoms with Crippen LogP contribution in [0.3, 0.4) is 0 Å². The fraction of sp³-hybridized carbons (Fsp3) is 0.652. The summed E-state index contributed by atoms with van der Waals surface area (Å²) in [7, 11) is 5.43. The first-order valence-electron chi connectivity index (χ1n) is 22.0. The molecule has 1 saturated heterocycles. The van der Waals surface area contributed by atoms with E-state index < -0.39 is 29.4 Å². The van der Waals surface area contributed by atoms with E-state index in [0.717, 1.165) is 18.4 Å². The molecule has 1 fully saturated rings. The lowest BCUT2D eigenvalue weighted by molar-refractivity contribution is -0.150. The van der Waals surface area contributed by atoms with Crippen LogP contribution in [0.1, 0.15) is 134 Å². The minimum absolute atomic E-state index is 0.0182. The topological polar surface area (TPSA) is 196 Å². The number of nitrogens with zero attached hydrogens (tertiary/aromatic N) is 4. The molecular weight excluding hydrogens is 845 g/mol. The number of thiazole rings is 1. The molecule has 63 heavy (non-hydrogen) atoms. The number of aromatic hydroxyl groups is 1. The van der Waals surface area contributed by atoms with Gasteiger partial charge in [0.2, 0.25) is 23.6 Å². The first kappa shape index (κ1) is 53.0. The van der Waals surface area contributed by atoms with Gasteiger partial charge in [-0.05, 0) is 83.0 Å². The number of Topliss-reactive ketones (excluding diaryl/α,β-unsaturated/α-hetero) is 1. The van der Waals surface area contributed by atoms with Gasteiger partial charge in [0.15, 0.2) is 11.9 Å². The fourth-order valence-electron chi connectivity index (χ4n) is 7.59. The summed E-state index contributed by atoms with van der Waals surface area (Å²) in [5, 5.41) is 18.0. The number of likely N-dealkylation sites (tertiary alicyclic amines) is 1. The number of thioether (sulfide) groups is 1. The maximum Gasteiger partial charge on any atom is 0.303 e. The van der Waals surface area contributed by atoms with Crippen LogP contribution in [-0.4, -0.2) is 123 Å². The molecule has 1 aromatic carbocycles. The number of ketones is 1. The second kappa shape index (κ2) is 24.1. The number of nitrogens with one attached hydrogen (secondary N) is 2. The summed E-state index contributed by atoms with van der Waals surface area (Å²) in [4.78, 5) is 101. The highest BCUT2D eigenvalue weighted by Crippen LogP contribution is 2.33. The van der Waals surface area contributed by atoms with Gasteiger partial charge in [-0.2, -0.15) is 11.8 Å². The monoisotopic (exact) mass is 914 g/mol. The predicted molar refractivity (Wildman–Crippen MR) is 247 cm³/mol. The molecular formula is C46H70N6O9S2. The highest BCUT2D eigenvalue weighted by molar-refractivity contribution is 8.00. The van der Waals surface area contributed by atoms with E-state index in [1.54, 1.807) is 35.7 Å². The molecule has 15 nitrogen and oxygen atoms in total. The molecule has 1 aromatic heterocycles. The Bertz CT molecular complexity index is 1930. The summed E-state index contributed by atoms with van der Waals surface area (Å²) in [6.45, 7) is 15.1. The number of amides is 5. The lowest BCUT2D eigenvalue weighted by Crippen LogP contribution is -2.50. The number of carbonyl (C=O) groups is 7. The molecule has 3 N–H and O–H groups in total. The molecule has 2 aromatic rings. The zero-order valence-electron chi connectivity index (χ0n) is 39.2. The zero-order chi connectivity index (χ0) is 47.3. The number of aromatic nitrogens is 1. The van der Waals surface area contributed by atoms with Gasteiger partial charge >= 0.3 is 5.97 Å². The molecule has 17 heteroatoms. The van der Waals surface area contributed by atoms with Crippen LogP contribution in [0.4, 0.5) is 5.69 Å². The summed E-state index contributed by atoms with van der Waals surface area (Å²) in [6, 6.07) is 4.14. The molecule has 0 bridgehead atoms. The second-order valence-corrected chi connectivity index (χ2v) is 19.6. The van der Waals surface area contributed by atoms with Gasteiger partial charge in [-0.15, -0.1) is 11.3 Å². The summed E-state index contributed by atoms with van der Waals surface area (Å²) in [5.74, 6) is -2.73. The minimum atomic E-state index is -0.845. The SMILES string of the molecule is CCC[C@H](Cc1ccc(O)c(NC(=O)CCCN2C(=O)CC(SC)C2=O)c1)NC(=O)c1csc([C@@H](C[C@H](C(C)C)N(C)C(=O)[C@@H](CC(=O)C(C)(C)N(C)C)[C@@H](C)CC)OC(C)=O)n1. The average Bonchev–Trinajstić information content (AvgIpc) is 3.82. The van der Waals surface area contributed by atoms with Crippen molar-refractivity contribution in [1.82, 2.24) is 25.0 Å². The number of phenolic OH excluding ortho intramolecular Hbond substituents is 1. The number of rotatable bonds is 25. The first-order valence-corrected chi connectivity index (χ1v) is 24.1. The predicted octanol–water partition coefficient (Wildman–Crippen LogP) is 6.64. The van der Waals surface area contributed by atoms with Crippen LogP contribution in [0.5, 0.6) is 5.75 Å². The summed E-state index contributed by atoms with van der Waals surface area (Å²) in [5.41, 5.74) is 0.369. The van der Waals surface area contributed by atoms with Gasteiger partial charge in [-0.25, -0.2) is 4.98 Å². The van der Waals surface area contributed by atoms with E-state index >= 15 is 0 Å². The minimum Gasteiger partial charge on any atom is -0.506 e. The Hall–Kier alpha value is -4.35. The molecule has 350 valence electrons. The smallest absolute Gasteiger partial charge is 0.303 e. The molecule has 6 atom stereocenters. The molecule has 0 aliphatic carbocycles. The van der Waals surface area contributed by atoms with Crippen molar-refractivity contribution >= 4 is 70.1 Å². The number of benzene rings is 1. The number of likely N-dealkylation sites (N-methyl/N-ethyl adjacent to an activating group) is 1. The van der Waals surface area contributed by atoms with Crippen molar-refractivity contribution in [3.05, 3.63) is 39.8 Å². The molecule has 5 amide bonds. The van der Waals surface area contributed by atoms with Crippen LogP contribution in [0, 0.1) is 17.8 Å². The molecule has 2 heterocycles. The Morgan fingerprint density at radius 1 is 1.10 bits per heavy atom. The number of esters is 1. The fourth-order valence-corrected chi connectivity index (χ4v) is 9.06. The number of imide groups is 1. The standard InChI is InChI=1S/C46H70N6O9S2/c1-13-16-31(21-30-18-19-36(54)33(22-30)48-40(56)17-15-20-52-41(57)25-38(62-12)45(52)60)47-42(58)34-26-63-43(49-34)37(61-29(6)53)24-35(27(3)4)51(11)44(59)32(28(5)14-2)23-39(55)46(7,8)50(9)10/h18-19,22,26-28,31-32,35,37-38,54H,13-17,20-21,23-25H2,1-12H3,(H,47,58)(H,48,56)/t28-,31+,32-,35+,37+,38?/m0/s1. The third-order valence-corrected chi connectivity index (χ3v) is 14.2. The van der Waals surface area contributed by atoms with Crippen molar-refractivity contribution in [1.29, 1.82) is 0 Å². The Balaban J connectivity index is 1.73. The van der Waals surface area contributed by atoms with Crippen molar-refractivity contribution < 1.29 is 43.4 Å². The number of phenols is 1. The van der Waals surface area contributed by atoms with E-state index in [-0.39, 0.29) is 114 Å². The third-order valence-electron chi connectivity index (χ3n) is 12.3. The van der Waals surface area contributed by atoms with Crippen molar-refractivity contribution in [3.63, 3.8) is 0 Å². The largest absolute Gasteiger partial charge is 0.506 e. The summed E-state index contributed by atoms with van der Waals surface area (Å²) in [6.07, 6.45) is 4.24. The Morgan fingerprint density at radius 2 is 1.78 bits per heavy atom. The number of anilines is 1. The first-order chi connectivity index (χ1) is 29.5. The van der Waals surface area contributed by atoms with Crippen LogP contribution in [0.15, 0.2) is 23.6 Å². The lowest BCUT2D eigenvalue weighted by Gasteiger charge is -2.38. The maximum absolute atomic E-state index is 14.3. The average molecular weight is 915 g/mol. The van der Waals surface area contributed by atoms with Gasteiger partial charge in [0.1, 0.15) is 16.5 Å². The van der Waals surface area contributed by atoms with Gasteiger partial charge in [0, 0.05) is 69.6 Å². The molecule has 1 unspecified atom stereocenters. The molecule has 1 aliphatic heterocycles. The second-order valence-electron chi connectivity index (χ2n) is 17.7. The lowest BCUT2D eigenvalue weighted by atomic mass is 9.81. The van der Waals surface area contributed by atoms with Gasteiger partial charge in [-0.3, -0.25) is 43.4 Å². The van der Waals surface area contributed by atoms with Crippen LogP contribution in [-0.2, 0) is 39.9 Å². The van der Waals surface area contributed by atoms with Crippen molar-refractivity contribution in [2.24, 2.45) is 17.8 Å². The normalized spacial score (nSPS) is 16.7. The van der Waals surface area contributed by atoms with E-state index in [2.05, 4.69) is 15.6 Å². The highest BCUT2D eigenvalue weighted by atomic mass is 32.2. The molecule has 0 spiro atoms. The summed E-state index contributed by atoms with van der Waals surface area (Å²) < 4.78 is 5.81. The van der Waals surface area contributed by atoms with Gasteiger partial charge in [0.05, 0.1) is 16.5 Å².